The highest BCUT2D eigenvalue weighted by Gasteiger charge is 2.20. The van der Waals surface area contributed by atoms with Crippen LogP contribution in [0.15, 0.2) is 48.9 Å². The third-order valence-corrected chi connectivity index (χ3v) is 5.17. The van der Waals surface area contributed by atoms with Crippen molar-refractivity contribution in [3.05, 3.63) is 54.6 Å². The van der Waals surface area contributed by atoms with Gasteiger partial charge in [-0.2, -0.15) is 0 Å². The van der Waals surface area contributed by atoms with Gasteiger partial charge in [0.1, 0.15) is 5.82 Å². The number of nitrogens with one attached hydrogen (secondary N) is 1. The van der Waals surface area contributed by atoms with Crippen LogP contribution in [0.3, 0.4) is 0 Å². The fourth-order valence-electron chi connectivity index (χ4n) is 3.65. The summed E-state index contributed by atoms with van der Waals surface area (Å²) in [6.07, 6.45) is 13.6. The van der Waals surface area contributed by atoms with Crippen molar-refractivity contribution < 1.29 is 0 Å². The number of fused-ring (bicyclic) bond motifs is 1. The molecule has 4 rings (SSSR count). The number of benzene rings is 1. The van der Waals surface area contributed by atoms with Crippen LogP contribution in [0.2, 0.25) is 0 Å². The predicted octanol–water partition coefficient (Wildman–Crippen LogP) is 4.49. The zero-order chi connectivity index (χ0) is 18.5. The molecule has 5 heteroatoms. The predicted molar refractivity (Wildman–Crippen MR) is 113 cm³/mol. The fourth-order valence-corrected chi connectivity index (χ4v) is 3.65. The standard InChI is InChI=1S/C22H27N5/c1-2-3-4-5-7-18-16-23-17-22(25-18)27-14-12-26(13-15-27)21-9-6-8-20-19(21)10-11-24-20/h5-11,16-17,24H,2-4,12-15H2,1H3/b7-5+. The van der Waals surface area contributed by atoms with Gasteiger partial charge in [0.05, 0.1) is 18.1 Å². The van der Waals surface area contributed by atoms with Crippen molar-refractivity contribution in [1.82, 2.24) is 15.0 Å². The van der Waals surface area contributed by atoms with E-state index in [-0.39, 0.29) is 0 Å². The average molecular weight is 361 g/mol. The summed E-state index contributed by atoms with van der Waals surface area (Å²) in [6.45, 7) is 6.10. The second-order valence-electron chi connectivity index (χ2n) is 7.04. The highest BCUT2D eigenvalue weighted by molar-refractivity contribution is 5.92. The van der Waals surface area contributed by atoms with Crippen molar-refractivity contribution in [3.63, 3.8) is 0 Å². The molecule has 2 aromatic heterocycles. The lowest BCUT2D eigenvalue weighted by Gasteiger charge is -2.37. The summed E-state index contributed by atoms with van der Waals surface area (Å²) in [7, 11) is 0. The zero-order valence-corrected chi connectivity index (χ0v) is 15.9. The average Bonchev–Trinajstić information content (AvgIpc) is 3.21. The molecular weight excluding hydrogens is 334 g/mol. The Hall–Kier alpha value is -2.82. The maximum Gasteiger partial charge on any atom is 0.147 e. The van der Waals surface area contributed by atoms with Gasteiger partial charge < -0.3 is 14.8 Å². The van der Waals surface area contributed by atoms with Crippen LogP contribution in [0.5, 0.6) is 0 Å². The summed E-state index contributed by atoms with van der Waals surface area (Å²) in [6, 6.07) is 8.63. The Kier molecular flexibility index (Phi) is 5.37. The molecule has 5 nitrogen and oxygen atoms in total. The summed E-state index contributed by atoms with van der Waals surface area (Å²) >= 11 is 0. The molecule has 3 heterocycles. The Morgan fingerprint density at radius 1 is 1.07 bits per heavy atom. The number of aromatic nitrogens is 3. The van der Waals surface area contributed by atoms with Gasteiger partial charge in [0.2, 0.25) is 0 Å². The molecule has 3 aromatic rings. The van der Waals surface area contributed by atoms with E-state index in [2.05, 4.69) is 63.1 Å². The van der Waals surface area contributed by atoms with Crippen molar-refractivity contribution >= 4 is 28.5 Å². The summed E-state index contributed by atoms with van der Waals surface area (Å²) in [5.41, 5.74) is 3.46. The SMILES string of the molecule is CCCC/C=C/c1cncc(N2CCN(c3cccc4[nH]ccc34)CC2)n1. The van der Waals surface area contributed by atoms with Crippen molar-refractivity contribution in [2.24, 2.45) is 0 Å². The number of anilines is 2. The first-order chi connectivity index (χ1) is 13.3. The lowest BCUT2D eigenvalue weighted by Crippen LogP contribution is -2.47. The first-order valence-corrected chi connectivity index (χ1v) is 9.90. The molecule has 0 radical (unpaired) electrons. The lowest BCUT2D eigenvalue weighted by molar-refractivity contribution is 0.647. The van der Waals surface area contributed by atoms with Gasteiger partial charge in [-0.05, 0) is 30.7 Å². The van der Waals surface area contributed by atoms with Crippen molar-refractivity contribution in [2.75, 3.05) is 36.0 Å². The van der Waals surface area contributed by atoms with Gasteiger partial charge >= 0.3 is 0 Å². The maximum atomic E-state index is 4.79. The van der Waals surface area contributed by atoms with Crippen LogP contribution in [-0.4, -0.2) is 41.1 Å². The number of nitrogens with zero attached hydrogens (tertiary/aromatic N) is 4. The van der Waals surface area contributed by atoms with Crippen molar-refractivity contribution in [1.29, 1.82) is 0 Å². The number of allylic oxidation sites excluding steroid dienone is 1. The van der Waals surface area contributed by atoms with Crippen LogP contribution >= 0.6 is 0 Å². The van der Waals surface area contributed by atoms with Crippen LogP contribution in [0.4, 0.5) is 11.5 Å². The van der Waals surface area contributed by atoms with Gasteiger partial charge in [0, 0.05) is 49.0 Å². The van der Waals surface area contributed by atoms with Crippen LogP contribution in [-0.2, 0) is 0 Å². The van der Waals surface area contributed by atoms with Gasteiger partial charge in [0.25, 0.3) is 0 Å². The van der Waals surface area contributed by atoms with Crippen LogP contribution in [0.1, 0.15) is 31.9 Å². The number of piperazine rings is 1. The van der Waals surface area contributed by atoms with Gasteiger partial charge in [-0.15, -0.1) is 0 Å². The largest absolute Gasteiger partial charge is 0.367 e. The van der Waals surface area contributed by atoms with E-state index in [1.807, 2.05) is 18.6 Å². The molecule has 1 aliphatic rings. The molecule has 0 unspecified atom stereocenters. The minimum atomic E-state index is 0.947. The van der Waals surface area contributed by atoms with Crippen LogP contribution in [0, 0.1) is 0 Å². The number of rotatable bonds is 6. The first-order valence-electron chi connectivity index (χ1n) is 9.90. The first kappa shape index (κ1) is 17.6. The van der Waals surface area contributed by atoms with Gasteiger partial charge in [0.15, 0.2) is 0 Å². The summed E-state index contributed by atoms with van der Waals surface area (Å²) in [4.78, 5) is 17.3. The molecule has 0 spiro atoms. The highest BCUT2D eigenvalue weighted by Crippen LogP contribution is 2.27. The number of unbranched alkanes of at least 4 members (excludes halogenated alkanes) is 2. The number of aromatic amines is 1. The molecule has 1 aliphatic heterocycles. The maximum absolute atomic E-state index is 4.79. The zero-order valence-electron chi connectivity index (χ0n) is 15.9. The Bertz CT molecular complexity index is 906. The lowest BCUT2D eigenvalue weighted by atomic mass is 10.1. The van der Waals surface area contributed by atoms with Crippen LogP contribution < -0.4 is 9.80 Å². The van der Waals surface area contributed by atoms with Crippen molar-refractivity contribution in [2.45, 2.75) is 26.2 Å². The van der Waals surface area contributed by atoms with E-state index in [0.717, 1.165) is 44.1 Å². The smallest absolute Gasteiger partial charge is 0.147 e. The minimum Gasteiger partial charge on any atom is -0.367 e. The second kappa shape index (κ2) is 8.25. The van der Waals surface area contributed by atoms with Crippen LogP contribution in [0.25, 0.3) is 17.0 Å². The summed E-state index contributed by atoms with van der Waals surface area (Å²) in [5, 5.41) is 1.30. The monoisotopic (exact) mass is 361 g/mol. The molecule has 0 aliphatic carbocycles. The minimum absolute atomic E-state index is 0.947. The van der Waals surface area contributed by atoms with Crippen molar-refractivity contribution in [3.8, 4) is 0 Å². The Labute approximate surface area is 160 Å². The highest BCUT2D eigenvalue weighted by atomic mass is 15.3. The number of hydrogen-bond donors (Lipinski definition) is 1. The molecule has 0 saturated carbocycles. The summed E-state index contributed by atoms with van der Waals surface area (Å²) < 4.78 is 0. The van der Waals surface area contributed by atoms with E-state index < -0.39 is 0 Å². The Balaban J connectivity index is 1.42. The molecular formula is C22H27N5. The third kappa shape index (κ3) is 3.97. The summed E-state index contributed by atoms with van der Waals surface area (Å²) in [5.74, 6) is 0.979. The quantitative estimate of drug-likeness (QED) is 0.657. The van der Waals surface area contributed by atoms with Gasteiger partial charge in [-0.25, -0.2) is 4.98 Å². The fraction of sp³-hybridized carbons (Fsp3) is 0.364. The molecule has 1 saturated heterocycles. The number of H-pyrrole nitrogens is 1. The van der Waals surface area contributed by atoms with E-state index in [4.69, 9.17) is 4.98 Å². The molecule has 1 fully saturated rings. The number of hydrogen-bond acceptors (Lipinski definition) is 4. The van der Waals surface area contributed by atoms with E-state index in [1.54, 1.807) is 0 Å². The van der Waals surface area contributed by atoms with E-state index >= 15 is 0 Å². The molecule has 1 aromatic carbocycles. The van der Waals surface area contributed by atoms with Gasteiger partial charge in [-0.3, -0.25) is 4.98 Å². The Morgan fingerprint density at radius 2 is 1.93 bits per heavy atom. The van der Waals surface area contributed by atoms with E-state index in [1.165, 1.54) is 29.4 Å². The topological polar surface area (TPSA) is 48.1 Å². The molecule has 27 heavy (non-hydrogen) atoms. The van der Waals surface area contributed by atoms with E-state index in [0.29, 0.717) is 0 Å². The third-order valence-electron chi connectivity index (χ3n) is 5.17. The molecule has 0 atom stereocenters. The molecule has 1 N–H and O–H groups in total. The second-order valence-corrected chi connectivity index (χ2v) is 7.04. The van der Waals surface area contributed by atoms with E-state index in [9.17, 15) is 0 Å². The Morgan fingerprint density at radius 3 is 2.78 bits per heavy atom. The normalized spacial score (nSPS) is 15.1. The molecule has 0 bridgehead atoms. The van der Waals surface area contributed by atoms with Gasteiger partial charge in [-0.1, -0.05) is 31.9 Å². The molecule has 140 valence electrons. The molecule has 0 amide bonds.